The second kappa shape index (κ2) is 5.10. The molecule has 18 heavy (non-hydrogen) atoms. The molecule has 0 bridgehead atoms. The van der Waals surface area contributed by atoms with Crippen LogP contribution in [0.25, 0.3) is 11.4 Å². The molecule has 2 N–H and O–H groups in total. The number of nitriles is 1. The van der Waals surface area contributed by atoms with E-state index >= 15 is 0 Å². The van der Waals surface area contributed by atoms with Crippen LogP contribution in [-0.4, -0.2) is 20.1 Å². The number of aromatic nitrogens is 3. The van der Waals surface area contributed by atoms with Gasteiger partial charge in [-0.15, -0.1) is 10.2 Å². The maximum atomic E-state index is 8.77. The molecule has 6 heteroatoms. The van der Waals surface area contributed by atoms with Crippen LogP contribution in [0, 0.1) is 18.3 Å². The Morgan fingerprint density at radius 3 is 2.61 bits per heavy atom. The van der Waals surface area contributed by atoms with Crippen LogP contribution < -0.4 is 5.84 Å². The zero-order chi connectivity index (χ0) is 13.1. The summed E-state index contributed by atoms with van der Waals surface area (Å²) in [5.41, 5.74) is 2.08. The Morgan fingerprint density at radius 2 is 2.00 bits per heavy atom. The van der Waals surface area contributed by atoms with Gasteiger partial charge in [0.15, 0.2) is 5.82 Å². The SMILES string of the molecule is Cc1ccc(-c2nnc(S[C@H](C)C#N)n2N)cc1. The molecule has 1 heterocycles. The van der Waals surface area contributed by atoms with E-state index in [9.17, 15) is 0 Å². The first-order chi connectivity index (χ1) is 8.61. The molecule has 0 unspecified atom stereocenters. The summed E-state index contributed by atoms with van der Waals surface area (Å²) in [6.07, 6.45) is 0. The molecule has 0 saturated carbocycles. The second-order valence-electron chi connectivity index (χ2n) is 3.93. The van der Waals surface area contributed by atoms with Crippen LogP contribution in [0.1, 0.15) is 12.5 Å². The van der Waals surface area contributed by atoms with Crippen molar-refractivity contribution in [2.24, 2.45) is 0 Å². The largest absolute Gasteiger partial charge is 0.335 e. The van der Waals surface area contributed by atoms with Crippen LogP contribution in [0.4, 0.5) is 0 Å². The van der Waals surface area contributed by atoms with Crippen molar-refractivity contribution >= 4 is 11.8 Å². The minimum atomic E-state index is -0.206. The molecule has 0 aliphatic heterocycles. The topological polar surface area (TPSA) is 80.5 Å². The molecule has 0 radical (unpaired) electrons. The fraction of sp³-hybridized carbons (Fsp3) is 0.250. The molecule has 0 fully saturated rings. The molecule has 2 aromatic rings. The molecule has 0 saturated heterocycles. The number of benzene rings is 1. The van der Waals surface area contributed by atoms with Crippen LogP contribution in [0.5, 0.6) is 0 Å². The smallest absolute Gasteiger partial charge is 0.211 e. The predicted molar refractivity (Wildman–Crippen MR) is 71.3 cm³/mol. The Balaban J connectivity index is 2.31. The Kier molecular flexibility index (Phi) is 3.53. The van der Waals surface area contributed by atoms with Gasteiger partial charge in [-0.3, -0.25) is 0 Å². The van der Waals surface area contributed by atoms with E-state index in [0.29, 0.717) is 11.0 Å². The van der Waals surface area contributed by atoms with Gasteiger partial charge in [0, 0.05) is 5.56 Å². The van der Waals surface area contributed by atoms with Crippen molar-refractivity contribution in [3.05, 3.63) is 29.8 Å². The number of nitrogens with zero attached hydrogens (tertiary/aromatic N) is 4. The highest BCUT2D eigenvalue weighted by Gasteiger charge is 2.14. The number of hydrogen-bond acceptors (Lipinski definition) is 5. The zero-order valence-electron chi connectivity index (χ0n) is 10.2. The second-order valence-corrected chi connectivity index (χ2v) is 5.24. The van der Waals surface area contributed by atoms with E-state index in [1.54, 1.807) is 6.92 Å². The highest BCUT2D eigenvalue weighted by molar-refractivity contribution is 8.00. The van der Waals surface area contributed by atoms with Gasteiger partial charge in [0.05, 0.1) is 11.3 Å². The van der Waals surface area contributed by atoms with Gasteiger partial charge >= 0.3 is 0 Å². The van der Waals surface area contributed by atoms with Crippen molar-refractivity contribution in [2.75, 3.05) is 5.84 Å². The first-order valence-electron chi connectivity index (χ1n) is 5.45. The molecule has 1 aromatic heterocycles. The minimum absolute atomic E-state index is 0.206. The Labute approximate surface area is 110 Å². The monoisotopic (exact) mass is 259 g/mol. The molecule has 0 spiro atoms. The third-order valence-electron chi connectivity index (χ3n) is 2.44. The van der Waals surface area contributed by atoms with E-state index in [1.165, 1.54) is 22.0 Å². The molecule has 0 amide bonds. The first kappa shape index (κ1) is 12.5. The van der Waals surface area contributed by atoms with Gasteiger partial charge in [0.25, 0.3) is 0 Å². The quantitative estimate of drug-likeness (QED) is 0.673. The van der Waals surface area contributed by atoms with Crippen molar-refractivity contribution < 1.29 is 0 Å². The van der Waals surface area contributed by atoms with Gasteiger partial charge in [0.1, 0.15) is 0 Å². The molecule has 2 rings (SSSR count). The number of aryl methyl sites for hydroxylation is 1. The highest BCUT2D eigenvalue weighted by Crippen LogP contribution is 2.24. The lowest BCUT2D eigenvalue weighted by atomic mass is 10.1. The summed E-state index contributed by atoms with van der Waals surface area (Å²) in [7, 11) is 0. The van der Waals surface area contributed by atoms with Crippen molar-refractivity contribution in [1.29, 1.82) is 5.26 Å². The molecule has 0 aliphatic rings. The summed E-state index contributed by atoms with van der Waals surface area (Å²) < 4.78 is 1.42. The summed E-state index contributed by atoms with van der Waals surface area (Å²) in [6, 6.07) is 10.0. The van der Waals surface area contributed by atoms with E-state index in [0.717, 1.165) is 5.56 Å². The lowest BCUT2D eigenvalue weighted by Crippen LogP contribution is -2.12. The lowest BCUT2D eigenvalue weighted by molar-refractivity contribution is 0.847. The van der Waals surface area contributed by atoms with Crippen LogP contribution in [0.15, 0.2) is 29.4 Å². The number of hydrogen-bond donors (Lipinski definition) is 1. The average molecular weight is 259 g/mol. The fourth-order valence-corrected chi connectivity index (χ4v) is 2.10. The van der Waals surface area contributed by atoms with Gasteiger partial charge in [-0.2, -0.15) is 5.26 Å². The number of nitrogens with two attached hydrogens (primary N) is 1. The number of nitrogen functional groups attached to an aromatic ring is 1. The van der Waals surface area contributed by atoms with Crippen molar-refractivity contribution in [1.82, 2.24) is 14.9 Å². The van der Waals surface area contributed by atoms with Gasteiger partial charge in [0.2, 0.25) is 5.16 Å². The summed E-state index contributed by atoms with van der Waals surface area (Å²) in [4.78, 5) is 0. The molecular weight excluding hydrogens is 246 g/mol. The van der Waals surface area contributed by atoms with Crippen molar-refractivity contribution in [3.63, 3.8) is 0 Å². The van der Waals surface area contributed by atoms with Gasteiger partial charge < -0.3 is 5.84 Å². The maximum Gasteiger partial charge on any atom is 0.211 e. The Hall–Kier alpha value is -2.00. The zero-order valence-corrected chi connectivity index (χ0v) is 11.0. The molecule has 5 nitrogen and oxygen atoms in total. The van der Waals surface area contributed by atoms with Crippen LogP contribution in [-0.2, 0) is 0 Å². The summed E-state index contributed by atoms with van der Waals surface area (Å²) in [5, 5.41) is 17.2. The summed E-state index contributed by atoms with van der Waals surface area (Å²) >= 11 is 1.29. The minimum Gasteiger partial charge on any atom is -0.335 e. The third kappa shape index (κ3) is 2.46. The van der Waals surface area contributed by atoms with Crippen molar-refractivity contribution in [2.45, 2.75) is 24.3 Å². The lowest BCUT2D eigenvalue weighted by Gasteiger charge is -2.04. The number of rotatable bonds is 3. The summed E-state index contributed by atoms with van der Waals surface area (Å²) in [5.74, 6) is 6.54. The molecular formula is C12H13N5S. The molecule has 92 valence electrons. The Bertz CT molecular complexity index is 582. The van der Waals surface area contributed by atoms with Crippen LogP contribution >= 0.6 is 11.8 Å². The maximum absolute atomic E-state index is 8.77. The normalized spacial score (nSPS) is 12.1. The van der Waals surface area contributed by atoms with E-state index in [4.69, 9.17) is 11.1 Å². The number of thioether (sulfide) groups is 1. The van der Waals surface area contributed by atoms with Gasteiger partial charge in [-0.1, -0.05) is 41.6 Å². The van der Waals surface area contributed by atoms with E-state index in [2.05, 4.69) is 16.3 Å². The first-order valence-corrected chi connectivity index (χ1v) is 6.33. The predicted octanol–water partition coefficient (Wildman–Crippen LogP) is 1.97. The van der Waals surface area contributed by atoms with Crippen molar-refractivity contribution in [3.8, 4) is 17.5 Å². The Morgan fingerprint density at radius 1 is 1.33 bits per heavy atom. The van der Waals surface area contributed by atoms with Crippen LogP contribution in [0.3, 0.4) is 0 Å². The summed E-state index contributed by atoms with van der Waals surface area (Å²) in [6.45, 7) is 3.82. The standard InChI is InChI=1S/C12H13N5S/c1-8-3-5-10(6-4-8)11-15-16-12(17(11)14)18-9(2)7-13/h3-6,9H,14H2,1-2H3/t9-/m1/s1. The van der Waals surface area contributed by atoms with Gasteiger partial charge in [-0.05, 0) is 13.8 Å². The molecule has 1 atom stereocenters. The average Bonchev–Trinajstić information content (AvgIpc) is 2.72. The molecule has 0 aliphatic carbocycles. The third-order valence-corrected chi connectivity index (χ3v) is 3.39. The van der Waals surface area contributed by atoms with Crippen LogP contribution in [0.2, 0.25) is 0 Å². The van der Waals surface area contributed by atoms with E-state index in [-0.39, 0.29) is 5.25 Å². The van der Waals surface area contributed by atoms with E-state index in [1.807, 2.05) is 31.2 Å². The van der Waals surface area contributed by atoms with E-state index < -0.39 is 0 Å². The fourth-order valence-electron chi connectivity index (χ4n) is 1.44. The molecule has 1 aromatic carbocycles. The van der Waals surface area contributed by atoms with Gasteiger partial charge in [-0.25, -0.2) is 4.68 Å². The highest BCUT2D eigenvalue weighted by atomic mass is 32.2.